The van der Waals surface area contributed by atoms with Gasteiger partial charge in [0.15, 0.2) is 0 Å². The average Bonchev–Trinajstić information content (AvgIpc) is 2.65. The second kappa shape index (κ2) is 10.1. The highest BCUT2D eigenvalue weighted by Crippen LogP contribution is 2.15. The van der Waals surface area contributed by atoms with Crippen molar-refractivity contribution in [3.8, 4) is 0 Å². The summed E-state index contributed by atoms with van der Waals surface area (Å²) in [5, 5.41) is 8.13. The van der Waals surface area contributed by atoms with E-state index in [9.17, 15) is 9.59 Å². The van der Waals surface area contributed by atoms with Gasteiger partial charge in [-0.1, -0.05) is 18.2 Å². The van der Waals surface area contributed by atoms with Crippen LogP contribution in [0.1, 0.15) is 12.0 Å². The lowest BCUT2D eigenvalue weighted by atomic mass is 10.1. The van der Waals surface area contributed by atoms with E-state index in [4.69, 9.17) is 0 Å². The first-order valence-corrected chi connectivity index (χ1v) is 8.74. The molecule has 7 nitrogen and oxygen atoms in total. The lowest BCUT2D eigenvalue weighted by molar-refractivity contribution is 0.187. The molecule has 0 bridgehead atoms. The number of nitrogens with zero attached hydrogens (tertiary/aromatic N) is 1. The summed E-state index contributed by atoms with van der Waals surface area (Å²) in [6.45, 7) is 0.571. The van der Waals surface area contributed by atoms with Crippen LogP contribution in [-0.2, 0) is 11.2 Å². The molecule has 27 heavy (non-hydrogen) atoms. The fraction of sp³-hybridized carbons (Fsp3) is 0.300. The number of carbonyl (C=O) groups is 2. The van der Waals surface area contributed by atoms with Crippen LogP contribution in [0.15, 0.2) is 48.5 Å². The largest absolute Gasteiger partial charge is 0.453 e. The Hall–Kier alpha value is -3.22. The van der Waals surface area contributed by atoms with Crippen molar-refractivity contribution < 1.29 is 14.3 Å². The minimum Gasteiger partial charge on any atom is -0.453 e. The number of hydrogen-bond acceptors (Lipinski definition) is 4. The van der Waals surface area contributed by atoms with Crippen LogP contribution in [0.3, 0.4) is 0 Å². The van der Waals surface area contributed by atoms with Crippen LogP contribution in [0.25, 0.3) is 0 Å². The third-order valence-corrected chi connectivity index (χ3v) is 3.93. The highest BCUT2D eigenvalue weighted by molar-refractivity contribution is 5.91. The summed E-state index contributed by atoms with van der Waals surface area (Å²) in [7, 11) is 5.32. The van der Waals surface area contributed by atoms with Crippen molar-refractivity contribution in [3.63, 3.8) is 0 Å². The first kappa shape index (κ1) is 20.1. The molecule has 0 aliphatic carbocycles. The first-order chi connectivity index (χ1) is 13.0. The molecule has 7 heteroatoms. The fourth-order valence-corrected chi connectivity index (χ4v) is 2.47. The Labute approximate surface area is 159 Å². The van der Waals surface area contributed by atoms with E-state index in [-0.39, 0.29) is 6.03 Å². The van der Waals surface area contributed by atoms with Gasteiger partial charge in [-0.3, -0.25) is 5.32 Å². The zero-order chi connectivity index (χ0) is 19.6. The zero-order valence-electron chi connectivity index (χ0n) is 15.9. The molecule has 2 aromatic rings. The van der Waals surface area contributed by atoms with Gasteiger partial charge in [0.2, 0.25) is 0 Å². The van der Waals surface area contributed by atoms with Crippen molar-refractivity contribution in [1.82, 2.24) is 5.32 Å². The van der Waals surface area contributed by atoms with Crippen LogP contribution in [0.4, 0.5) is 26.7 Å². The number of hydrogen-bond donors (Lipinski definition) is 3. The van der Waals surface area contributed by atoms with Crippen LogP contribution >= 0.6 is 0 Å². The number of rotatable bonds is 7. The predicted molar refractivity (Wildman–Crippen MR) is 109 cm³/mol. The first-order valence-electron chi connectivity index (χ1n) is 8.74. The molecule has 144 valence electrons. The van der Waals surface area contributed by atoms with Crippen molar-refractivity contribution in [3.05, 3.63) is 54.1 Å². The molecule has 0 unspecified atom stereocenters. The SMILES string of the molecule is COC(=O)Nc1cccc(NC(=O)NCCCc2ccc(N(C)C)cc2)c1. The molecule has 0 radical (unpaired) electrons. The van der Waals surface area contributed by atoms with Gasteiger partial charge < -0.3 is 20.3 Å². The molecule has 0 aliphatic heterocycles. The number of anilines is 3. The van der Waals surface area contributed by atoms with Gasteiger partial charge in [-0.2, -0.15) is 0 Å². The Morgan fingerprint density at radius 1 is 1.00 bits per heavy atom. The van der Waals surface area contributed by atoms with Gasteiger partial charge in [0.1, 0.15) is 0 Å². The molecule has 0 atom stereocenters. The van der Waals surface area contributed by atoms with Gasteiger partial charge >= 0.3 is 12.1 Å². The summed E-state index contributed by atoms with van der Waals surface area (Å²) in [5.74, 6) is 0. The highest BCUT2D eigenvalue weighted by Gasteiger charge is 2.04. The topological polar surface area (TPSA) is 82.7 Å². The molecule has 2 aromatic carbocycles. The molecular weight excluding hydrogens is 344 g/mol. The predicted octanol–water partition coefficient (Wildman–Crippen LogP) is 3.69. The average molecular weight is 370 g/mol. The molecule has 0 saturated carbocycles. The number of nitrogens with one attached hydrogen (secondary N) is 3. The molecule has 0 fully saturated rings. The van der Waals surface area contributed by atoms with E-state index < -0.39 is 6.09 Å². The van der Waals surface area contributed by atoms with Crippen molar-refractivity contribution in [2.75, 3.05) is 43.3 Å². The van der Waals surface area contributed by atoms with E-state index in [0.29, 0.717) is 17.9 Å². The maximum Gasteiger partial charge on any atom is 0.411 e. The number of aryl methyl sites for hydroxylation is 1. The standard InChI is InChI=1S/C20H26N4O3/c1-24(2)18-11-9-15(10-12-18)6-5-13-21-19(25)22-16-7-4-8-17(14-16)23-20(26)27-3/h4,7-12,14H,5-6,13H2,1-3H3,(H,23,26)(H2,21,22,25). The Bertz CT molecular complexity index is 760. The second-order valence-electron chi connectivity index (χ2n) is 6.24. The Morgan fingerprint density at radius 2 is 1.67 bits per heavy atom. The molecule has 0 saturated heterocycles. The van der Waals surface area contributed by atoms with Crippen LogP contribution in [0.5, 0.6) is 0 Å². The lowest BCUT2D eigenvalue weighted by Crippen LogP contribution is -2.29. The minimum atomic E-state index is -0.560. The summed E-state index contributed by atoms with van der Waals surface area (Å²) in [6, 6.07) is 14.9. The number of ether oxygens (including phenoxy) is 1. The molecule has 2 rings (SSSR count). The lowest BCUT2D eigenvalue weighted by Gasteiger charge is -2.13. The fourth-order valence-electron chi connectivity index (χ4n) is 2.47. The van der Waals surface area contributed by atoms with Crippen molar-refractivity contribution >= 4 is 29.2 Å². The van der Waals surface area contributed by atoms with E-state index in [0.717, 1.165) is 12.8 Å². The monoisotopic (exact) mass is 370 g/mol. The van der Waals surface area contributed by atoms with Crippen LogP contribution < -0.4 is 20.9 Å². The van der Waals surface area contributed by atoms with Gasteiger partial charge in [0, 0.05) is 37.7 Å². The van der Waals surface area contributed by atoms with Crippen LogP contribution in [0.2, 0.25) is 0 Å². The van der Waals surface area contributed by atoms with Gasteiger partial charge in [0.25, 0.3) is 0 Å². The zero-order valence-corrected chi connectivity index (χ0v) is 15.9. The van der Waals surface area contributed by atoms with Crippen LogP contribution in [-0.4, -0.2) is 39.9 Å². The number of urea groups is 1. The molecule has 0 spiro atoms. The van der Waals surface area contributed by atoms with E-state index in [1.165, 1.54) is 18.4 Å². The maximum atomic E-state index is 12.0. The molecule has 3 N–H and O–H groups in total. The normalized spacial score (nSPS) is 10.0. The maximum absolute atomic E-state index is 12.0. The second-order valence-corrected chi connectivity index (χ2v) is 6.24. The van der Waals surface area contributed by atoms with Crippen molar-refractivity contribution in [2.24, 2.45) is 0 Å². The molecule has 3 amide bonds. The molecular formula is C20H26N4O3. The number of amides is 3. The summed E-state index contributed by atoms with van der Waals surface area (Å²) in [4.78, 5) is 25.3. The molecule has 0 aromatic heterocycles. The molecule has 0 aliphatic rings. The third kappa shape index (κ3) is 6.89. The quantitative estimate of drug-likeness (QED) is 0.649. The van der Waals surface area contributed by atoms with E-state index >= 15 is 0 Å². The van der Waals surface area contributed by atoms with Gasteiger partial charge in [0.05, 0.1) is 7.11 Å². The Kier molecular flexibility index (Phi) is 7.49. The third-order valence-electron chi connectivity index (χ3n) is 3.93. The Morgan fingerprint density at radius 3 is 2.30 bits per heavy atom. The van der Waals surface area contributed by atoms with Crippen molar-refractivity contribution in [2.45, 2.75) is 12.8 Å². The summed E-state index contributed by atoms with van der Waals surface area (Å²) in [5.41, 5.74) is 3.53. The molecule has 0 heterocycles. The summed E-state index contributed by atoms with van der Waals surface area (Å²) >= 11 is 0. The van der Waals surface area contributed by atoms with E-state index in [1.807, 2.05) is 14.1 Å². The van der Waals surface area contributed by atoms with E-state index in [2.05, 4.69) is 49.9 Å². The number of methoxy groups -OCH3 is 1. The number of carbonyl (C=O) groups excluding carboxylic acids is 2. The smallest absolute Gasteiger partial charge is 0.411 e. The van der Waals surface area contributed by atoms with Gasteiger partial charge in [-0.05, 0) is 48.7 Å². The summed E-state index contributed by atoms with van der Waals surface area (Å²) in [6.07, 6.45) is 1.18. The summed E-state index contributed by atoms with van der Waals surface area (Å²) < 4.78 is 4.54. The minimum absolute atomic E-state index is 0.284. The van der Waals surface area contributed by atoms with Crippen LogP contribution in [0, 0.1) is 0 Å². The number of benzene rings is 2. The van der Waals surface area contributed by atoms with E-state index in [1.54, 1.807) is 24.3 Å². The highest BCUT2D eigenvalue weighted by atomic mass is 16.5. The van der Waals surface area contributed by atoms with Gasteiger partial charge in [-0.15, -0.1) is 0 Å². The van der Waals surface area contributed by atoms with Gasteiger partial charge in [-0.25, -0.2) is 9.59 Å². The Balaban J connectivity index is 1.73. The van der Waals surface area contributed by atoms with Crippen molar-refractivity contribution in [1.29, 1.82) is 0 Å².